The second-order valence-electron chi connectivity index (χ2n) is 3.34. The normalized spacial score (nSPS) is 10.7. The summed E-state index contributed by atoms with van der Waals surface area (Å²) >= 11 is 0. The first-order chi connectivity index (χ1) is 8.65. The molecule has 1 aromatic rings. The summed E-state index contributed by atoms with van der Waals surface area (Å²) in [7, 11) is 2.68. The fraction of sp³-hybridized carbons (Fsp3) is 0.250. The predicted molar refractivity (Wildman–Crippen MR) is 66.7 cm³/mol. The first kappa shape index (κ1) is 13.7. The minimum Gasteiger partial charge on any atom is -0.465 e. The number of nitrogens with zero attached hydrogens (tertiary/aromatic N) is 1. The Morgan fingerprint density at radius 3 is 2.67 bits per heavy atom. The molecule has 0 aromatic heterocycles. The van der Waals surface area contributed by atoms with E-state index in [-0.39, 0.29) is 5.56 Å². The van der Waals surface area contributed by atoms with Crippen LogP contribution >= 0.6 is 0 Å². The van der Waals surface area contributed by atoms with Gasteiger partial charge in [0.1, 0.15) is 7.11 Å². The largest absolute Gasteiger partial charge is 0.465 e. The summed E-state index contributed by atoms with van der Waals surface area (Å²) in [4.78, 5) is 27.0. The lowest BCUT2D eigenvalue weighted by molar-refractivity contribution is -0.105. The fourth-order valence-corrected chi connectivity index (χ4v) is 1.55. The van der Waals surface area contributed by atoms with Gasteiger partial charge < -0.3 is 14.9 Å². The molecule has 1 aromatic carbocycles. The number of carbonyl (C=O) groups is 2. The molecule has 18 heavy (non-hydrogen) atoms. The number of ether oxygens (including phenoxy) is 1. The number of rotatable bonds is 5. The topological polar surface area (TPSA) is 77.0 Å². The van der Waals surface area contributed by atoms with Gasteiger partial charge in [0.15, 0.2) is 0 Å². The van der Waals surface area contributed by atoms with Crippen LogP contribution in [0, 0.1) is 0 Å². The van der Waals surface area contributed by atoms with E-state index in [1.54, 1.807) is 25.1 Å². The molecule has 6 heteroatoms. The van der Waals surface area contributed by atoms with Crippen LogP contribution in [0.2, 0.25) is 0 Å². The molecular formula is C12H14N2O4. The van der Waals surface area contributed by atoms with Crippen LogP contribution in [0.5, 0.6) is 0 Å². The van der Waals surface area contributed by atoms with Gasteiger partial charge in [-0.05, 0) is 13.0 Å². The van der Waals surface area contributed by atoms with Crippen molar-refractivity contribution in [1.29, 1.82) is 0 Å². The molecule has 0 unspecified atom stereocenters. The molecule has 0 aliphatic heterocycles. The van der Waals surface area contributed by atoms with Crippen molar-refractivity contribution in [2.75, 3.05) is 19.5 Å². The van der Waals surface area contributed by atoms with Crippen LogP contribution < -0.4 is 5.32 Å². The predicted octanol–water partition coefficient (Wildman–Crippen LogP) is 1.41. The molecule has 1 amide bonds. The van der Waals surface area contributed by atoms with E-state index in [4.69, 9.17) is 4.74 Å². The highest BCUT2D eigenvalue weighted by molar-refractivity contribution is 6.11. The van der Waals surface area contributed by atoms with Gasteiger partial charge in [0, 0.05) is 5.56 Å². The lowest BCUT2D eigenvalue weighted by atomic mass is 10.0. The molecule has 6 nitrogen and oxygen atoms in total. The average Bonchev–Trinajstić information content (AvgIpc) is 2.38. The number of hydrogen-bond acceptors (Lipinski definition) is 5. The van der Waals surface area contributed by atoms with E-state index >= 15 is 0 Å². The Hall–Kier alpha value is -2.37. The maximum absolute atomic E-state index is 11.8. The maximum Gasteiger partial charge on any atom is 0.340 e. The van der Waals surface area contributed by atoms with Crippen molar-refractivity contribution in [1.82, 2.24) is 0 Å². The highest BCUT2D eigenvalue weighted by Crippen LogP contribution is 2.21. The molecule has 1 N–H and O–H groups in total. The molecule has 0 heterocycles. The van der Waals surface area contributed by atoms with Gasteiger partial charge in [-0.3, -0.25) is 4.79 Å². The van der Waals surface area contributed by atoms with Gasteiger partial charge in [-0.2, -0.15) is 0 Å². The lowest BCUT2D eigenvalue weighted by Gasteiger charge is -2.11. The highest BCUT2D eigenvalue weighted by atomic mass is 16.6. The zero-order valence-corrected chi connectivity index (χ0v) is 10.4. The van der Waals surface area contributed by atoms with Gasteiger partial charge in [-0.1, -0.05) is 17.3 Å². The molecule has 0 atom stereocenters. The molecule has 0 saturated carbocycles. The second-order valence-corrected chi connectivity index (χ2v) is 3.34. The number of hydrogen-bond donors (Lipinski definition) is 1. The summed E-state index contributed by atoms with van der Waals surface area (Å²) in [5.41, 5.74) is 1.65. The first-order valence-electron chi connectivity index (χ1n) is 5.15. The van der Waals surface area contributed by atoms with Crippen molar-refractivity contribution in [2.24, 2.45) is 5.16 Å². The van der Waals surface area contributed by atoms with Crippen LogP contribution in [0.15, 0.2) is 23.4 Å². The lowest BCUT2D eigenvalue weighted by Crippen LogP contribution is -2.13. The van der Waals surface area contributed by atoms with Crippen LogP contribution in [0.4, 0.5) is 5.69 Å². The van der Waals surface area contributed by atoms with Crippen LogP contribution in [0.25, 0.3) is 0 Å². The van der Waals surface area contributed by atoms with Gasteiger partial charge in [-0.25, -0.2) is 4.79 Å². The van der Waals surface area contributed by atoms with E-state index < -0.39 is 5.97 Å². The first-order valence-corrected chi connectivity index (χ1v) is 5.15. The number of nitrogens with one attached hydrogen (secondary N) is 1. The van der Waals surface area contributed by atoms with Gasteiger partial charge in [0.05, 0.1) is 24.1 Å². The summed E-state index contributed by atoms with van der Waals surface area (Å²) < 4.78 is 4.70. The van der Waals surface area contributed by atoms with Gasteiger partial charge in [-0.15, -0.1) is 0 Å². The monoisotopic (exact) mass is 250 g/mol. The number of amides is 1. The molecule has 0 saturated heterocycles. The van der Waals surface area contributed by atoms with Crippen molar-refractivity contribution in [2.45, 2.75) is 6.92 Å². The van der Waals surface area contributed by atoms with E-state index in [2.05, 4.69) is 15.3 Å². The van der Waals surface area contributed by atoms with Gasteiger partial charge >= 0.3 is 5.97 Å². The zero-order valence-electron chi connectivity index (χ0n) is 10.4. The van der Waals surface area contributed by atoms with Gasteiger partial charge in [0.25, 0.3) is 0 Å². The maximum atomic E-state index is 11.8. The molecule has 0 bridgehead atoms. The smallest absolute Gasteiger partial charge is 0.340 e. The molecule has 96 valence electrons. The van der Waals surface area contributed by atoms with Crippen molar-refractivity contribution < 1.29 is 19.2 Å². The van der Waals surface area contributed by atoms with Crippen LogP contribution in [0.3, 0.4) is 0 Å². The summed E-state index contributed by atoms with van der Waals surface area (Å²) in [6.07, 6.45) is 0.494. The third-order valence-electron chi connectivity index (χ3n) is 2.29. The third kappa shape index (κ3) is 2.85. The molecule has 0 aliphatic rings. The van der Waals surface area contributed by atoms with Crippen molar-refractivity contribution in [3.8, 4) is 0 Å². The Bertz CT molecular complexity index is 483. The molecule has 0 spiro atoms. The van der Waals surface area contributed by atoms with E-state index in [9.17, 15) is 9.59 Å². The van der Waals surface area contributed by atoms with Crippen LogP contribution in [-0.2, 0) is 14.4 Å². The Morgan fingerprint density at radius 2 is 2.11 bits per heavy atom. The Balaban J connectivity index is 3.41. The summed E-state index contributed by atoms with van der Waals surface area (Å²) in [6, 6.07) is 4.99. The van der Waals surface area contributed by atoms with Gasteiger partial charge in [0.2, 0.25) is 6.41 Å². The minimum absolute atomic E-state index is 0.241. The van der Waals surface area contributed by atoms with Crippen molar-refractivity contribution >= 4 is 23.8 Å². The second kappa shape index (κ2) is 6.39. The SMILES string of the molecule is CO/N=C(\C)c1cccc(NC=O)c1C(=O)OC. The standard InChI is InChI=1S/C12H14N2O4/c1-8(14-18-3)9-5-4-6-10(13-7-15)11(9)12(16)17-2/h4-7H,1-3H3,(H,13,15)/b14-8+. The summed E-state index contributed by atoms with van der Waals surface area (Å²) in [5.74, 6) is -0.555. The molecule has 0 radical (unpaired) electrons. The van der Waals surface area contributed by atoms with E-state index in [1.807, 2.05) is 0 Å². The van der Waals surface area contributed by atoms with E-state index in [0.29, 0.717) is 23.4 Å². The molecule has 0 fully saturated rings. The van der Waals surface area contributed by atoms with E-state index in [0.717, 1.165) is 0 Å². The highest BCUT2D eigenvalue weighted by Gasteiger charge is 2.18. The van der Waals surface area contributed by atoms with Crippen molar-refractivity contribution in [3.63, 3.8) is 0 Å². The number of oxime groups is 1. The fourth-order valence-electron chi connectivity index (χ4n) is 1.55. The molecule has 1 rings (SSSR count). The Morgan fingerprint density at radius 1 is 1.39 bits per heavy atom. The number of anilines is 1. The number of carbonyl (C=O) groups excluding carboxylic acids is 2. The summed E-state index contributed by atoms with van der Waals surface area (Å²) in [5, 5.41) is 6.22. The quantitative estimate of drug-likeness (QED) is 0.371. The van der Waals surface area contributed by atoms with E-state index in [1.165, 1.54) is 14.2 Å². The number of methoxy groups -OCH3 is 1. The third-order valence-corrected chi connectivity index (χ3v) is 2.29. The van der Waals surface area contributed by atoms with Crippen LogP contribution in [0.1, 0.15) is 22.8 Å². The average molecular weight is 250 g/mol. The number of benzene rings is 1. The Labute approximate surface area is 105 Å². The summed E-state index contributed by atoms with van der Waals surface area (Å²) in [6.45, 7) is 1.69. The molecular weight excluding hydrogens is 236 g/mol. The zero-order chi connectivity index (χ0) is 13.5. The van der Waals surface area contributed by atoms with Crippen molar-refractivity contribution in [3.05, 3.63) is 29.3 Å². The Kier molecular flexibility index (Phi) is 4.86. The number of esters is 1. The molecule has 0 aliphatic carbocycles. The van der Waals surface area contributed by atoms with Crippen LogP contribution in [-0.4, -0.2) is 32.3 Å². The minimum atomic E-state index is -0.555.